The Balaban J connectivity index is 1.78. The summed E-state index contributed by atoms with van der Waals surface area (Å²) in [6.45, 7) is 4.13. The van der Waals surface area contributed by atoms with Gasteiger partial charge in [0.15, 0.2) is 0 Å². The Labute approximate surface area is 128 Å². The highest BCUT2D eigenvalue weighted by Gasteiger charge is 2.42. The van der Waals surface area contributed by atoms with Crippen molar-refractivity contribution in [2.75, 3.05) is 59.0 Å². The minimum atomic E-state index is -4.21. The number of piperidine rings is 1. The van der Waals surface area contributed by atoms with Gasteiger partial charge in [-0.1, -0.05) is 0 Å². The van der Waals surface area contributed by atoms with Gasteiger partial charge in [-0.3, -0.25) is 14.6 Å². The maximum absolute atomic E-state index is 12.8. The van der Waals surface area contributed by atoms with E-state index in [2.05, 4.69) is 4.90 Å². The van der Waals surface area contributed by atoms with E-state index in [0.717, 1.165) is 13.1 Å². The van der Waals surface area contributed by atoms with Crippen molar-refractivity contribution in [1.82, 2.24) is 14.7 Å². The van der Waals surface area contributed by atoms with Crippen LogP contribution >= 0.6 is 0 Å². The molecule has 1 unspecified atom stereocenters. The number of likely N-dealkylation sites (tertiary alicyclic amines) is 1. The van der Waals surface area contributed by atoms with Crippen LogP contribution in [0.1, 0.15) is 12.8 Å². The number of nitrogens with zero attached hydrogens (tertiary/aromatic N) is 3. The molecule has 0 aromatic carbocycles. The molecule has 0 aromatic heterocycles. The highest BCUT2D eigenvalue weighted by molar-refractivity contribution is 5.78. The maximum atomic E-state index is 12.8. The zero-order valence-corrected chi connectivity index (χ0v) is 12.7. The summed E-state index contributed by atoms with van der Waals surface area (Å²) in [6.07, 6.45) is -3.68. The molecule has 2 saturated heterocycles. The van der Waals surface area contributed by atoms with Crippen molar-refractivity contribution in [2.45, 2.75) is 19.0 Å². The predicted molar refractivity (Wildman–Crippen MR) is 75.3 cm³/mol. The van der Waals surface area contributed by atoms with E-state index in [1.54, 1.807) is 0 Å². The van der Waals surface area contributed by atoms with Crippen molar-refractivity contribution < 1.29 is 23.1 Å². The Morgan fingerprint density at radius 3 is 2.32 bits per heavy atom. The number of hydrogen-bond donors (Lipinski definition) is 1. The van der Waals surface area contributed by atoms with E-state index < -0.39 is 12.1 Å². The molecule has 22 heavy (non-hydrogen) atoms. The SMILES string of the molecule is O=C(CN1CCN(CCO)CC1)N1CCCC(C(F)(F)F)C1. The molecule has 0 radical (unpaired) electrons. The summed E-state index contributed by atoms with van der Waals surface area (Å²) in [5.74, 6) is -1.59. The number of amides is 1. The Morgan fingerprint density at radius 1 is 1.09 bits per heavy atom. The number of rotatable bonds is 4. The average molecular weight is 323 g/mol. The van der Waals surface area contributed by atoms with Gasteiger partial charge in [0.25, 0.3) is 0 Å². The summed E-state index contributed by atoms with van der Waals surface area (Å²) >= 11 is 0. The first kappa shape index (κ1) is 17.5. The summed E-state index contributed by atoms with van der Waals surface area (Å²) in [6, 6.07) is 0. The zero-order chi connectivity index (χ0) is 16.2. The minimum absolute atomic E-state index is 0.117. The largest absolute Gasteiger partial charge is 0.395 e. The van der Waals surface area contributed by atoms with Gasteiger partial charge in [0.2, 0.25) is 5.91 Å². The minimum Gasteiger partial charge on any atom is -0.395 e. The van der Waals surface area contributed by atoms with E-state index in [1.165, 1.54) is 4.90 Å². The number of piperazine rings is 1. The van der Waals surface area contributed by atoms with Gasteiger partial charge < -0.3 is 10.0 Å². The van der Waals surface area contributed by atoms with Crippen LogP contribution in [0.15, 0.2) is 0 Å². The van der Waals surface area contributed by atoms with Gasteiger partial charge >= 0.3 is 6.18 Å². The van der Waals surface area contributed by atoms with E-state index in [0.29, 0.717) is 32.6 Å². The van der Waals surface area contributed by atoms with Crippen molar-refractivity contribution in [3.63, 3.8) is 0 Å². The van der Waals surface area contributed by atoms with Gasteiger partial charge in [0, 0.05) is 45.8 Å². The van der Waals surface area contributed by atoms with Crippen molar-refractivity contribution in [3.8, 4) is 0 Å². The summed E-state index contributed by atoms with van der Waals surface area (Å²) in [4.78, 5) is 17.7. The van der Waals surface area contributed by atoms with Crippen LogP contribution < -0.4 is 0 Å². The Morgan fingerprint density at radius 2 is 1.73 bits per heavy atom. The standard InChI is InChI=1S/C14H24F3N3O2/c15-14(16,17)12-2-1-3-20(10-12)13(22)11-19-6-4-18(5-7-19)8-9-21/h12,21H,1-11H2. The van der Waals surface area contributed by atoms with Gasteiger partial charge in [0.05, 0.1) is 19.1 Å². The maximum Gasteiger partial charge on any atom is 0.393 e. The first-order valence-electron chi connectivity index (χ1n) is 7.80. The number of β-amino-alcohol motifs (C(OH)–C–C–N with tert-alkyl or cyclic N) is 1. The number of aliphatic hydroxyl groups is 1. The molecule has 2 aliphatic heterocycles. The summed E-state index contributed by atoms with van der Waals surface area (Å²) in [7, 11) is 0. The number of hydrogen-bond acceptors (Lipinski definition) is 4. The van der Waals surface area contributed by atoms with Crippen LogP contribution in [-0.4, -0.2) is 90.9 Å². The molecule has 128 valence electrons. The first-order chi connectivity index (χ1) is 10.4. The molecule has 1 N–H and O–H groups in total. The summed E-state index contributed by atoms with van der Waals surface area (Å²) in [5, 5.41) is 8.88. The van der Waals surface area contributed by atoms with Crippen LogP contribution in [0.5, 0.6) is 0 Å². The van der Waals surface area contributed by atoms with Crippen LogP contribution in [0.4, 0.5) is 13.2 Å². The summed E-state index contributed by atoms with van der Waals surface area (Å²) < 4.78 is 38.3. The molecule has 0 aromatic rings. The Bertz CT molecular complexity index is 371. The number of halogens is 3. The van der Waals surface area contributed by atoms with Crippen molar-refractivity contribution in [1.29, 1.82) is 0 Å². The molecule has 8 heteroatoms. The number of carbonyl (C=O) groups excluding carboxylic acids is 1. The molecular weight excluding hydrogens is 299 g/mol. The van der Waals surface area contributed by atoms with Gasteiger partial charge in [-0.25, -0.2) is 0 Å². The summed E-state index contributed by atoms with van der Waals surface area (Å²) in [5.41, 5.74) is 0. The van der Waals surface area contributed by atoms with Crippen LogP contribution in [0.3, 0.4) is 0 Å². The second kappa shape index (κ2) is 7.61. The lowest BCUT2D eigenvalue weighted by molar-refractivity contribution is -0.188. The number of aliphatic hydroxyl groups excluding tert-OH is 1. The molecule has 5 nitrogen and oxygen atoms in total. The van der Waals surface area contributed by atoms with Gasteiger partial charge in [-0.15, -0.1) is 0 Å². The fourth-order valence-electron chi connectivity index (χ4n) is 3.07. The predicted octanol–water partition coefficient (Wildman–Crippen LogP) is 0.397. The van der Waals surface area contributed by atoms with Crippen molar-refractivity contribution in [2.24, 2.45) is 5.92 Å². The van der Waals surface area contributed by atoms with Crippen LogP contribution in [0.25, 0.3) is 0 Å². The molecule has 0 aliphatic carbocycles. The quantitative estimate of drug-likeness (QED) is 0.813. The highest BCUT2D eigenvalue weighted by atomic mass is 19.4. The molecule has 2 fully saturated rings. The average Bonchev–Trinajstić information content (AvgIpc) is 2.49. The topological polar surface area (TPSA) is 47.0 Å². The molecule has 2 rings (SSSR count). The molecule has 2 heterocycles. The normalized spacial score (nSPS) is 25.5. The van der Waals surface area contributed by atoms with E-state index >= 15 is 0 Å². The molecule has 2 aliphatic rings. The Hall–Kier alpha value is -0.860. The van der Waals surface area contributed by atoms with Crippen LogP contribution in [-0.2, 0) is 4.79 Å². The van der Waals surface area contributed by atoms with Gasteiger partial charge in [-0.05, 0) is 12.8 Å². The van der Waals surface area contributed by atoms with Crippen molar-refractivity contribution in [3.05, 3.63) is 0 Å². The zero-order valence-electron chi connectivity index (χ0n) is 12.7. The number of alkyl halides is 3. The van der Waals surface area contributed by atoms with Gasteiger partial charge in [-0.2, -0.15) is 13.2 Å². The van der Waals surface area contributed by atoms with Crippen LogP contribution in [0, 0.1) is 5.92 Å². The second-order valence-electron chi connectivity index (χ2n) is 6.06. The molecule has 0 bridgehead atoms. The van der Waals surface area contributed by atoms with E-state index in [9.17, 15) is 18.0 Å². The third kappa shape index (κ3) is 4.82. The fraction of sp³-hybridized carbons (Fsp3) is 0.929. The lowest BCUT2D eigenvalue weighted by Gasteiger charge is -2.37. The fourth-order valence-corrected chi connectivity index (χ4v) is 3.07. The smallest absolute Gasteiger partial charge is 0.393 e. The third-order valence-corrected chi connectivity index (χ3v) is 4.48. The Kier molecular flexibility index (Phi) is 6.05. The molecule has 1 atom stereocenters. The van der Waals surface area contributed by atoms with Gasteiger partial charge in [0.1, 0.15) is 0 Å². The molecule has 1 amide bonds. The first-order valence-corrected chi connectivity index (χ1v) is 7.80. The molecular formula is C14H24F3N3O2. The third-order valence-electron chi connectivity index (χ3n) is 4.48. The second-order valence-corrected chi connectivity index (χ2v) is 6.06. The van der Waals surface area contributed by atoms with E-state index in [1.807, 2.05) is 4.90 Å². The molecule has 0 spiro atoms. The van der Waals surface area contributed by atoms with E-state index in [4.69, 9.17) is 5.11 Å². The van der Waals surface area contributed by atoms with Crippen LogP contribution in [0.2, 0.25) is 0 Å². The molecule has 0 saturated carbocycles. The monoisotopic (exact) mass is 323 g/mol. The number of carbonyl (C=O) groups is 1. The van der Waals surface area contributed by atoms with Crippen molar-refractivity contribution >= 4 is 5.91 Å². The lowest BCUT2D eigenvalue weighted by Crippen LogP contribution is -2.52. The highest BCUT2D eigenvalue weighted by Crippen LogP contribution is 2.33. The van der Waals surface area contributed by atoms with E-state index in [-0.39, 0.29) is 32.0 Å². The lowest BCUT2D eigenvalue weighted by atomic mass is 9.97.